The lowest BCUT2D eigenvalue weighted by Gasteiger charge is -2.11. The Morgan fingerprint density at radius 2 is 2.00 bits per heavy atom. The standard InChI is InChI=1S/C20H25N5O/c1-25(2)12-11-21-16-7-8-19(24-14-16)20(26)22-10-9-15-13-23-18-6-4-3-5-17(15)18/h3-8,13-14,21,23H,9-12H2,1-2H3,(H,22,26). The van der Waals surface area contributed by atoms with E-state index in [2.05, 4.69) is 37.6 Å². The van der Waals surface area contributed by atoms with Crippen LogP contribution < -0.4 is 10.6 Å². The van der Waals surface area contributed by atoms with Crippen molar-refractivity contribution in [3.05, 3.63) is 60.0 Å². The van der Waals surface area contributed by atoms with Crippen molar-refractivity contribution in [3.63, 3.8) is 0 Å². The van der Waals surface area contributed by atoms with Gasteiger partial charge in [-0.15, -0.1) is 0 Å². The molecule has 3 aromatic rings. The fourth-order valence-corrected chi connectivity index (χ4v) is 2.80. The minimum absolute atomic E-state index is 0.148. The van der Waals surface area contributed by atoms with Crippen LogP contribution in [-0.2, 0) is 6.42 Å². The number of likely N-dealkylation sites (N-methyl/N-ethyl adjacent to an activating group) is 1. The summed E-state index contributed by atoms with van der Waals surface area (Å²) in [4.78, 5) is 21.9. The first kappa shape index (κ1) is 17.9. The molecule has 6 nitrogen and oxygen atoms in total. The minimum atomic E-state index is -0.148. The predicted octanol–water partition coefficient (Wildman–Crippen LogP) is 2.51. The van der Waals surface area contributed by atoms with Gasteiger partial charge in [-0.05, 0) is 44.3 Å². The van der Waals surface area contributed by atoms with E-state index in [-0.39, 0.29) is 5.91 Å². The number of benzene rings is 1. The first-order valence-electron chi connectivity index (χ1n) is 8.81. The molecule has 1 aromatic carbocycles. The number of aromatic nitrogens is 2. The average molecular weight is 351 g/mol. The van der Waals surface area contributed by atoms with Gasteiger partial charge in [0.15, 0.2) is 0 Å². The van der Waals surface area contributed by atoms with Crippen LogP contribution in [0.3, 0.4) is 0 Å². The van der Waals surface area contributed by atoms with Crippen LogP contribution in [0.15, 0.2) is 48.8 Å². The van der Waals surface area contributed by atoms with Crippen molar-refractivity contribution in [1.29, 1.82) is 0 Å². The molecule has 2 aromatic heterocycles. The van der Waals surface area contributed by atoms with E-state index in [9.17, 15) is 4.79 Å². The van der Waals surface area contributed by atoms with Crippen molar-refractivity contribution in [3.8, 4) is 0 Å². The number of hydrogen-bond donors (Lipinski definition) is 3. The van der Waals surface area contributed by atoms with Crippen LogP contribution in [-0.4, -0.2) is 54.5 Å². The van der Waals surface area contributed by atoms with E-state index in [4.69, 9.17) is 0 Å². The number of nitrogens with zero attached hydrogens (tertiary/aromatic N) is 2. The minimum Gasteiger partial charge on any atom is -0.383 e. The van der Waals surface area contributed by atoms with E-state index in [1.54, 1.807) is 12.3 Å². The molecule has 1 amide bonds. The molecule has 3 N–H and O–H groups in total. The van der Waals surface area contributed by atoms with Crippen molar-refractivity contribution >= 4 is 22.5 Å². The second kappa shape index (κ2) is 8.49. The van der Waals surface area contributed by atoms with Crippen LogP contribution in [0.4, 0.5) is 5.69 Å². The molecule has 0 aliphatic heterocycles. The largest absolute Gasteiger partial charge is 0.383 e. The zero-order chi connectivity index (χ0) is 18.4. The number of amides is 1. The Bertz CT molecular complexity index is 854. The van der Waals surface area contributed by atoms with Gasteiger partial charge in [-0.1, -0.05) is 18.2 Å². The third-order valence-electron chi connectivity index (χ3n) is 4.24. The number of fused-ring (bicyclic) bond motifs is 1. The lowest BCUT2D eigenvalue weighted by molar-refractivity contribution is 0.0949. The Morgan fingerprint density at radius 1 is 1.15 bits per heavy atom. The lowest BCUT2D eigenvalue weighted by atomic mass is 10.1. The van der Waals surface area contributed by atoms with Crippen molar-refractivity contribution < 1.29 is 4.79 Å². The molecule has 0 aliphatic carbocycles. The lowest BCUT2D eigenvalue weighted by Crippen LogP contribution is -2.26. The van der Waals surface area contributed by atoms with E-state index in [0.717, 1.165) is 30.7 Å². The topological polar surface area (TPSA) is 73.1 Å². The third-order valence-corrected chi connectivity index (χ3v) is 4.24. The van der Waals surface area contributed by atoms with Crippen LogP contribution in [0, 0.1) is 0 Å². The molecule has 3 rings (SSSR count). The number of hydrogen-bond acceptors (Lipinski definition) is 4. The van der Waals surface area contributed by atoms with Gasteiger partial charge >= 0.3 is 0 Å². The number of anilines is 1. The number of rotatable bonds is 8. The number of carbonyl (C=O) groups excluding carboxylic acids is 1. The first-order chi connectivity index (χ1) is 12.6. The number of H-pyrrole nitrogens is 1. The Hall–Kier alpha value is -2.86. The SMILES string of the molecule is CN(C)CCNc1ccc(C(=O)NCCc2c[nH]c3ccccc23)nc1. The molecule has 0 aliphatic rings. The van der Waals surface area contributed by atoms with Crippen LogP contribution in [0.5, 0.6) is 0 Å². The first-order valence-corrected chi connectivity index (χ1v) is 8.81. The van der Waals surface area contributed by atoms with E-state index >= 15 is 0 Å². The normalized spacial score (nSPS) is 11.0. The fourth-order valence-electron chi connectivity index (χ4n) is 2.80. The highest BCUT2D eigenvalue weighted by Gasteiger charge is 2.08. The molecule has 0 saturated heterocycles. The van der Waals surface area contributed by atoms with Gasteiger partial charge in [0.05, 0.1) is 11.9 Å². The summed E-state index contributed by atoms with van der Waals surface area (Å²) < 4.78 is 0. The third kappa shape index (κ3) is 4.61. The molecule has 0 bridgehead atoms. The maximum Gasteiger partial charge on any atom is 0.269 e. The predicted molar refractivity (Wildman–Crippen MR) is 106 cm³/mol. The molecule has 0 spiro atoms. The molecule has 6 heteroatoms. The summed E-state index contributed by atoms with van der Waals surface area (Å²) in [5, 5.41) is 7.42. The van der Waals surface area contributed by atoms with Gasteiger partial charge < -0.3 is 20.5 Å². The highest BCUT2D eigenvalue weighted by atomic mass is 16.1. The van der Waals surface area contributed by atoms with Gasteiger partial charge in [-0.2, -0.15) is 0 Å². The molecule has 0 atom stereocenters. The second-order valence-corrected chi connectivity index (χ2v) is 6.53. The average Bonchev–Trinajstić information content (AvgIpc) is 3.05. The van der Waals surface area contributed by atoms with Gasteiger partial charge in [-0.25, -0.2) is 4.98 Å². The highest BCUT2D eigenvalue weighted by Crippen LogP contribution is 2.17. The van der Waals surface area contributed by atoms with Crippen molar-refractivity contribution in [1.82, 2.24) is 20.2 Å². The summed E-state index contributed by atoms with van der Waals surface area (Å²) in [5.41, 5.74) is 3.67. The number of para-hydroxylation sites is 1. The van der Waals surface area contributed by atoms with Crippen LogP contribution in [0.1, 0.15) is 16.1 Å². The highest BCUT2D eigenvalue weighted by molar-refractivity contribution is 5.92. The zero-order valence-electron chi connectivity index (χ0n) is 15.2. The molecule has 26 heavy (non-hydrogen) atoms. The number of carbonyl (C=O) groups is 1. The van der Waals surface area contributed by atoms with E-state index in [1.165, 1.54) is 10.9 Å². The maximum absolute atomic E-state index is 12.2. The van der Waals surface area contributed by atoms with Gasteiger partial charge in [0, 0.05) is 36.7 Å². The van der Waals surface area contributed by atoms with Crippen LogP contribution in [0.25, 0.3) is 10.9 Å². The molecule has 0 fully saturated rings. The maximum atomic E-state index is 12.2. The molecule has 0 unspecified atom stereocenters. The number of nitrogens with one attached hydrogen (secondary N) is 3. The number of aromatic amines is 1. The fraction of sp³-hybridized carbons (Fsp3) is 0.300. The van der Waals surface area contributed by atoms with Gasteiger partial charge in [-0.3, -0.25) is 4.79 Å². The Kier molecular flexibility index (Phi) is 5.86. The molecule has 0 saturated carbocycles. The Labute approximate surface area is 153 Å². The van der Waals surface area contributed by atoms with Gasteiger partial charge in [0.25, 0.3) is 5.91 Å². The molecule has 2 heterocycles. The van der Waals surface area contributed by atoms with Crippen molar-refractivity contribution in [2.45, 2.75) is 6.42 Å². The van der Waals surface area contributed by atoms with Gasteiger partial charge in [0.1, 0.15) is 5.69 Å². The van der Waals surface area contributed by atoms with E-state index < -0.39 is 0 Å². The Balaban J connectivity index is 1.48. The summed E-state index contributed by atoms with van der Waals surface area (Å²) in [6, 6.07) is 11.8. The quantitative estimate of drug-likeness (QED) is 0.583. The second-order valence-electron chi connectivity index (χ2n) is 6.53. The molecular formula is C20H25N5O. The molecule has 0 radical (unpaired) electrons. The monoisotopic (exact) mass is 351 g/mol. The molecular weight excluding hydrogens is 326 g/mol. The smallest absolute Gasteiger partial charge is 0.269 e. The summed E-state index contributed by atoms with van der Waals surface area (Å²) in [7, 11) is 4.06. The van der Waals surface area contributed by atoms with Crippen molar-refractivity contribution in [2.24, 2.45) is 0 Å². The van der Waals surface area contributed by atoms with Gasteiger partial charge in [0.2, 0.25) is 0 Å². The van der Waals surface area contributed by atoms with Crippen molar-refractivity contribution in [2.75, 3.05) is 39.0 Å². The van der Waals surface area contributed by atoms with Crippen LogP contribution >= 0.6 is 0 Å². The van der Waals surface area contributed by atoms with E-state index in [0.29, 0.717) is 12.2 Å². The Morgan fingerprint density at radius 3 is 2.77 bits per heavy atom. The summed E-state index contributed by atoms with van der Waals surface area (Å²) in [6.45, 7) is 2.35. The number of pyridine rings is 1. The summed E-state index contributed by atoms with van der Waals surface area (Å²) >= 11 is 0. The van der Waals surface area contributed by atoms with Crippen LogP contribution in [0.2, 0.25) is 0 Å². The summed E-state index contributed by atoms with van der Waals surface area (Å²) in [6.07, 6.45) is 4.48. The molecule has 136 valence electrons. The van der Waals surface area contributed by atoms with E-state index in [1.807, 2.05) is 38.5 Å². The summed E-state index contributed by atoms with van der Waals surface area (Å²) in [5.74, 6) is -0.148. The zero-order valence-corrected chi connectivity index (χ0v) is 15.2.